The van der Waals surface area contributed by atoms with Crippen LogP contribution in [0.25, 0.3) is 0 Å². The van der Waals surface area contributed by atoms with Crippen LogP contribution in [0.4, 0.5) is 0 Å². The van der Waals surface area contributed by atoms with Gasteiger partial charge in [-0.25, -0.2) is 0 Å². The first-order valence-corrected chi connectivity index (χ1v) is 33.9. The zero-order chi connectivity index (χ0) is 56.4. The normalized spacial score (nSPS) is 12.5. The molecule has 0 fully saturated rings. The molecular formula is C72H128O6. The summed E-state index contributed by atoms with van der Waals surface area (Å²) >= 11 is 0. The van der Waals surface area contributed by atoms with Gasteiger partial charge >= 0.3 is 17.9 Å². The van der Waals surface area contributed by atoms with Gasteiger partial charge in [0.2, 0.25) is 0 Å². The average Bonchev–Trinajstić information content (AvgIpc) is 3.44. The third-order valence-electron chi connectivity index (χ3n) is 15.0. The van der Waals surface area contributed by atoms with Gasteiger partial charge < -0.3 is 14.2 Å². The lowest BCUT2D eigenvalue weighted by Gasteiger charge is -2.18. The number of ether oxygens (including phenoxy) is 3. The minimum Gasteiger partial charge on any atom is -0.462 e. The molecule has 0 bridgehead atoms. The van der Waals surface area contributed by atoms with Crippen LogP contribution in [-0.2, 0) is 28.6 Å². The number of allylic oxidation sites excluding steroid dienone is 12. The van der Waals surface area contributed by atoms with E-state index in [4.69, 9.17) is 14.2 Å². The maximum atomic E-state index is 12.9. The summed E-state index contributed by atoms with van der Waals surface area (Å²) < 4.78 is 16.9. The Labute approximate surface area is 484 Å². The highest BCUT2D eigenvalue weighted by atomic mass is 16.6. The number of carbonyl (C=O) groups excluding carboxylic acids is 3. The molecule has 0 rings (SSSR count). The van der Waals surface area contributed by atoms with Gasteiger partial charge in [-0.3, -0.25) is 14.4 Å². The van der Waals surface area contributed by atoms with Crippen molar-refractivity contribution in [3.05, 3.63) is 72.9 Å². The maximum Gasteiger partial charge on any atom is 0.306 e. The van der Waals surface area contributed by atoms with Crippen LogP contribution >= 0.6 is 0 Å². The minimum absolute atomic E-state index is 0.0896. The van der Waals surface area contributed by atoms with Crippen molar-refractivity contribution in [2.24, 2.45) is 0 Å². The standard InChI is InChI=1S/C72H128O6/c1-4-7-10-13-16-19-22-25-27-28-29-30-31-32-33-34-35-36-37-38-39-40-41-42-43-45-47-50-53-56-59-62-65-71(74)77-68-69(67-76-70(73)64-61-58-55-52-49-46-24-21-18-15-12-9-6-3)78-72(75)66-63-60-57-54-51-48-44-26-23-20-17-14-11-8-5-2/h8-9,11-12,17-18,20-21,26,44,46,49,69H,4-7,10,13-16,19,22-25,27-43,45,47-48,50-68H2,1-3H3/b11-8-,12-9-,20-17-,21-18-,44-26-,49-46-. The van der Waals surface area contributed by atoms with E-state index in [0.29, 0.717) is 19.3 Å². The summed E-state index contributed by atoms with van der Waals surface area (Å²) in [5.41, 5.74) is 0. The SMILES string of the molecule is CC/C=C\C/C=C\C/C=C\CCCCCCCC(=O)OC(COC(=O)CCCCC/C=C\C/C=C\C/C=C\CC)COC(=O)CCCCCCCCCCCCCCCCCCCCCCCCCCCCCCCCCC. The van der Waals surface area contributed by atoms with Gasteiger partial charge in [0.15, 0.2) is 6.10 Å². The van der Waals surface area contributed by atoms with E-state index >= 15 is 0 Å². The Kier molecular flexibility index (Phi) is 63.7. The molecule has 0 saturated heterocycles. The molecule has 0 aromatic heterocycles. The fourth-order valence-electron chi connectivity index (χ4n) is 9.95. The van der Waals surface area contributed by atoms with E-state index in [2.05, 4.69) is 93.7 Å². The van der Waals surface area contributed by atoms with E-state index < -0.39 is 6.10 Å². The van der Waals surface area contributed by atoms with Gasteiger partial charge in [0, 0.05) is 19.3 Å². The Morgan fingerprint density at radius 1 is 0.269 bits per heavy atom. The van der Waals surface area contributed by atoms with Crippen LogP contribution in [0.1, 0.15) is 348 Å². The highest BCUT2D eigenvalue weighted by molar-refractivity contribution is 5.71. The lowest BCUT2D eigenvalue weighted by atomic mass is 10.0. The summed E-state index contributed by atoms with van der Waals surface area (Å²) in [6.07, 6.45) is 86.7. The summed E-state index contributed by atoms with van der Waals surface area (Å²) in [4.78, 5) is 38.2. The summed E-state index contributed by atoms with van der Waals surface area (Å²) in [5, 5.41) is 0. The Balaban J connectivity index is 4.12. The Bertz CT molecular complexity index is 1440. The van der Waals surface area contributed by atoms with Gasteiger partial charge in [-0.2, -0.15) is 0 Å². The molecule has 0 amide bonds. The van der Waals surface area contributed by atoms with Crippen molar-refractivity contribution in [3.63, 3.8) is 0 Å². The summed E-state index contributed by atoms with van der Waals surface area (Å²) in [6, 6.07) is 0. The number of unbranched alkanes of at least 4 members (excludes halogenated alkanes) is 39. The Hall–Kier alpha value is -3.15. The lowest BCUT2D eigenvalue weighted by Crippen LogP contribution is -2.30. The highest BCUT2D eigenvalue weighted by Gasteiger charge is 2.19. The number of esters is 3. The molecule has 0 aliphatic carbocycles. The third kappa shape index (κ3) is 63.7. The van der Waals surface area contributed by atoms with E-state index in [1.54, 1.807) is 0 Å². The van der Waals surface area contributed by atoms with Crippen LogP contribution < -0.4 is 0 Å². The monoisotopic (exact) mass is 1090 g/mol. The molecule has 0 aromatic rings. The molecule has 0 saturated carbocycles. The number of hydrogen-bond donors (Lipinski definition) is 0. The van der Waals surface area contributed by atoms with E-state index in [-0.39, 0.29) is 31.1 Å². The molecule has 6 nitrogen and oxygen atoms in total. The van der Waals surface area contributed by atoms with Gasteiger partial charge in [0.1, 0.15) is 13.2 Å². The smallest absolute Gasteiger partial charge is 0.306 e. The largest absolute Gasteiger partial charge is 0.462 e. The molecule has 0 aromatic carbocycles. The highest BCUT2D eigenvalue weighted by Crippen LogP contribution is 2.18. The first-order valence-electron chi connectivity index (χ1n) is 33.9. The van der Waals surface area contributed by atoms with Crippen LogP contribution in [0.15, 0.2) is 72.9 Å². The van der Waals surface area contributed by atoms with Crippen molar-refractivity contribution in [3.8, 4) is 0 Å². The molecule has 1 unspecified atom stereocenters. The second-order valence-electron chi connectivity index (χ2n) is 22.7. The number of hydrogen-bond acceptors (Lipinski definition) is 6. The van der Waals surface area contributed by atoms with Gasteiger partial charge in [-0.15, -0.1) is 0 Å². The molecular weight excluding hydrogens is 961 g/mol. The predicted octanol–water partition coefficient (Wildman–Crippen LogP) is 23.3. The third-order valence-corrected chi connectivity index (χ3v) is 15.0. The van der Waals surface area contributed by atoms with Gasteiger partial charge in [0.05, 0.1) is 0 Å². The molecule has 0 aliphatic rings. The van der Waals surface area contributed by atoms with E-state index in [0.717, 1.165) is 122 Å². The fourth-order valence-corrected chi connectivity index (χ4v) is 9.95. The van der Waals surface area contributed by atoms with Crippen LogP contribution in [0, 0.1) is 0 Å². The summed E-state index contributed by atoms with van der Waals surface area (Å²) in [5.74, 6) is -0.924. The lowest BCUT2D eigenvalue weighted by molar-refractivity contribution is -0.167. The Morgan fingerprint density at radius 3 is 0.795 bits per heavy atom. The van der Waals surface area contributed by atoms with Crippen molar-refractivity contribution in [2.45, 2.75) is 354 Å². The second-order valence-corrected chi connectivity index (χ2v) is 22.7. The van der Waals surface area contributed by atoms with Crippen molar-refractivity contribution >= 4 is 17.9 Å². The fraction of sp³-hybridized carbons (Fsp3) is 0.792. The van der Waals surface area contributed by atoms with Crippen molar-refractivity contribution in [2.75, 3.05) is 13.2 Å². The predicted molar refractivity (Wildman–Crippen MR) is 339 cm³/mol. The summed E-state index contributed by atoms with van der Waals surface area (Å²) in [7, 11) is 0. The number of carbonyl (C=O) groups is 3. The molecule has 0 aliphatic heterocycles. The van der Waals surface area contributed by atoms with Gasteiger partial charge in [-0.05, 0) is 83.5 Å². The molecule has 0 radical (unpaired) electrons. The molecule has 0 N–H and O–H groups in total. The molecule has 0 heterocycles. The second kappa shape index (κ2) is 66.4. The molecule has 78 heavy (non-hydrogen) atoms. The Morgan fingerprint density at radius 2 is 0.500 bits per heavy atom. The summed E-state index contributed by atoms with van der Waals surface area (Å²) in [6.45, 7) is 6.42. The topological polar surface area (TPSA) is 78.9 Å². The molecule has 0 spiro atoms. The van der Waals surface area contributed by atoms with Crippen molar-refractivity contribution in [1.82, 2.24) is 0 Å². The zero-order valence-corrected chi connectivity index (χ0v) is 51.9. The molecule has 6 heteroatoms. The van der Waals surface area contributed by atoms with E-state index in [1.807, 2.05) is 0 Å². The average molecular weight is 1090 g/mol. The first-order chi connectivity index (χ1) is 38.5. The van der Waals surface area contributed by atoms with Crippen LogP contribution in [0.2, 0.25) is 0 Å². The van der Waals surface area contributed by atoms with Crippen molar-refractivity contribution < 1.29 is 28.6 Å². The minimum atomic E-state index is -0.796. The molecule has 1 atom stereocenters. The van der Waals surface area contributed by atoms with Crippen molar-refractivity contribution in [1.29, 1.82) is 0 Å². The van der Waals surface area contributed by atoms with Crippen LogP contribution in [-0.4, -0.2) is 37.2 Å². The molecule has 452 valence electrons. The van der Waals surface area contributed by atoms with Crippen LogP contribution in [0.3, 0.4) is 0 Å². The van der Waals surface area contributed by atoms with Crippen LogP contribution in [0.5, 0.6) is 0 Å². The zero-order valence-electron chi connectivity index (χ0n) is 51.9. The quantitative estimate of drug-likeness (QED) is 0.0261. The first kappa shape index (κ1) is 74.8. The van der Waals surface area contributed by atoms with E-state index in [1.165, 1.54) is 186 Å². The maximum absolute atomic E-state index is 12.9. The van der Waals surface area contributed by atoms with E-state index in [9.17, 15) is 14.4 Å². The van der Waals surface area contributed by atoms with Gasteiger partial charge in [-0.1, -0.05) is 318 Å². The van der Waals surface area contributed by atoms with Gasteiger partial charge in [0.25, 0.3) is 0 Å². The number of rotatable bonds is 62.